The van der Waals surface area contributed by atoms with Crippen LogP contribution < -0.4 is 10.6 Å². The molecule has 1 atom stereocenters. The molecular weight excluding hydrogens is 607 g/mol. The van der Waals surface area contributed by atoms with Crippen molar-refractivity contribution in [2.45, 2.75) is 117 Å². The molecule has 48 heavy (non-hydrogen) atoms. The minimum absolute atomic E-state index is 0.0955. The summed E-state index contributed by atoms with van der Waals surface area (Å²) in [6.07, 6.45) is 12.2. The molecule has 10 nitrogen and oxygen atoms in total. The molecule has 1 fully saturated rings. The standard InChI is InChI=1S/C17H26BN3O4.C9H9NO2.C9H20.C2H6/c22-16(12-19-10-4-8-14-6-2-1-3-7-14)21-11-5-9-15(21)17(23)20-13-18(24)25;11-9(12)10-5-7-3-1-2-4-8(7)6-10;1-3-5-7-9-8-6-4-2;1-2/h1-3,6-7,15,19,24-25H,4-5,8-13H2,(H,20,23);1-4H,5-6H2,(H,11,12);3-9H2,1-2H3;1-2H3. The van der Waals surface area contributed by atoms with E-state index >= 15 is 0 Å². The van der Waals surface area contributed by atoms with Crippen LogP contribution in [0.5, 0.6) is 0 Å². The maximum absolute atomic E-state index is 12.3. The molecule has 2 aromatic rings. The maximum atomic E-state index is 12.3. The van der Waals surface area contributed by atoms with Gasteiger partial charge >= 0.3 is 13.2 Å². The molecule has 5 N–H and O–H groups in total. The molecule has 0 spiro atoms. The highest BCUT2D eigenvalue weighted by atomic mass is 16.4. The predicted molar refractivity (Wildman–Crippen MR) is 194 cm³/mol. The summed E-state index contributed by atoms with van der Waals surface area (Å²) in [6, 6.07) is 17.5. The first-order chi connectivity index (χ1) is 23.3. The fourth-order valence-corrected chi connectivity index (χ4v) is 5.51. The van der Waals surface area contributed by atoms with Gasteiger partial charge in [-0.3, -0.25) is 14.5 Å². The Morgan fingerprint density at radius 3 is 1.94 bits per heavy atom. The van der Waals surface area contributed by atoms with Gasteiger partial charge in [-0.15, -0.1) is 0 Å². The summed E-state index contributed by atoms with van der Waals surface area (Å²) < 4.78 is 0. The number of unbranched alkanes of at least 4 members (excludes halogenated alkanes) is 6. The third-order valence-corrected chi connectivity index (χ3v) is 8.09. The summed E-state index contributed by atoms with van der Waals surface area (Å²) in [6.45, 7) is 11.1. The van der Waals surface area contributed by atoms with Crippen molar-refractivity contribution >= 4 is 25.0 Å². The second-order valence-electron chi connectivity index (χ2n) is 11.9. The van der Waals surface area contributed by atoms with Crippen molar-refractivity contribution in [2.24, 2.45) is 0 Å². The number of carboxylic acid groups (broad SMARTS) is 1. The number of hydrogen-bond acceptors (Lipinski definition) is 6. The Hall–Kier alpha value is -3.41. The molecule has 2 aliphatic rings. The van der Waals surface area contributed by atoms with Gasteiger partial charge in [0.2, 0.25) is 11.8 Å². The Bertz CT molecular complexity index is 1120. The quantitative estimate of drug-likeness (QED) is 0.119. The van der Waals surface area contributed by atoms with E-state index in [1.54, 1.807) is 4.90 Å². The molecule has 268 valence electrons. The smallest absolute Gasteiger partial charge is 0.465 e. The van der Waals surface area contributed by atoms with Crippen molar-refractivity contribution in [1.82, 2.24) is 20.4 Å². The zero-order valence-corrected chi connectivity index (χ0v) is 29.8. The molecule has 0 radical (unpaired) electrons. The Balaban J connectivity index is 0.000000412. The Morgan fingerprint density at radius 1 is 0.833 bits per heavy atom. The van der Waals surface area contributed by atoms with Crippen molar-refractivity contribution in [3.8, 4) is 0 Å². The third kappa shape index (κ3) is 17.7. The lowest BCUT2D eigenvalue weighted by molar-refractivity contribution is -0.137. The molecule has 1 unspecified atom stereocenters. The summed E-state index contributed by atoms with van der Waals surface area (Å²) in [4.78, 5) is 37.9. The van der Waals surface area contributed by atoms with E-state index in [1.807, 2.05) is 56.3 Å². The second kappa shape index (κ2) is 26.5. The molecule has 11 heteroatoms. The average Bonchev–Trinajstić information content (AvgIpc) is 3.78. The third-order valence-electron chi connectivity index (χ3n) is 8.09. The van der Waals surface area contributed by atoms with E-state index in [1.165, 1.54) is 55.4 Å². The van der Waals surface area contributed by atoms with E-state index < -0.39 is 19.3 Å². The summed E-state index contributed by atoms with van der Waals surface area (Å²) in [5.74, 6) is -0.426. The highest BCUT2D eigenvalue weighted by Gasteiger charge is 2.33. The van der Waals surface area contributed by atoms with Crippen molar-refractivity contribution in [3.63, 3.8) is 0 Å². The number of aryl methyl sites for hydroxylation is 1. The summed E-state index contributed by atoms with van der Waals surface area (Å²) >= 11 is 0. The van der Waals surface area contributed by atoms with Gasteiger partial charge in [0.25, 0.3) is 0 Å². The first-order valence-electron chi connectivity index (χ1n) is 18.0. The average molecular weight is 669 g/mol. The van der Waals surface area contributed by atoms with Crippen LogP contribution in [-0.2, 0) is 29.1 Å². The number of rotatable bonds is 15. The van der Waals surface area contributed by atoms with E-state index in [4.69, 9.17) is 15.2 Å². The lowest BCUT2D eigenvalue weighted by Crippen LogP contribution is -2.50. The molecule has 0 aromatic heterocycles. The topological polar surface area (TPSA) is 142 Å². The van der Waals surface area contributed by atoms with Gasteiger partial charge in [-0.25, -0.2) is 4.79 Å². The number of fused-ring (bicyclic) bond motifs is 1. The number of likely N-dealkylation sites (tertiary alicyclic amines) is 1. The molecule has 0 aliphatic carbocycles. The van der Waals surface area contributed by atoms with Gasteiger partial charge < -0.3 is 30.7 Å². The number of benzene rings is 2. The van der Waals surface area contributed by atoms with Gasteiger partial charge in [0.15, 0.2) is 0 Å². The lowest BCUT2D eigenvalue weighted by Gasteiger charge is -2.24. The van der Waals surface area contributed by atoms with Crippen LogP contribution in [0.3, 0.4) is 0 Å². The van der Waals surface area contributed by atoms with E-state index in [0.29, 0.717) is 26.1 Å². The van der Waals surface area contributed by atoms with Crippen LogP contribution >= 0.6 is 0 Å². The number of carbonyl (C=O) groups is 3. The zero-order valence-electron chi connectivity index (χ0n) is 29.8. The Morgan fingerprint density at radius 2 is 1.40 bits per heavy atom. The second-order valence-corrected chi connectivity index (χ2v) is 11.9. The van der Waals surface area contributed by atoms with E-state index in [0.717, 1.165) is 36.9 Å². The van der Waals surface area contributed by atoms with Crippen LogP contribution in [0.15, 0.2) is 54.6 Å². The van der Waals surface area contributed by atoms with E-state index in [9.17, 15) is 14.4 Å². The van der Waals surface area contributed by atoms with E-state index in [-0.39, 0.29) is 24.8 Å². The van der Waals surface area contributed by atoms with Gasteiger partial charge in [0.1, 0.15) is 6.04 Å². The normalized spacial score (nSPS) is 14.3. The minimum Gasteiger partial charge on any atom is -0.465 e. The fourth-order valence-electron chi connectivity index (χ4n) is 5.51. The molecule has 0 bridgehead atoms. The van der Waals surface area contributed by atoms with Crippen LogP contribution in [0.2, 0.25) is 0 Å². The van der Waals surface area contributed by atoms with Crippen molar-refractivity contribution in [1.29, 1.82) is 0 Å². The summed E-state index contributed by atoms with van der Waals surface area (Å²) in [5, 5.41) is 31.9. The number of nitrogens with one attached hydrogen (secondary N) is 2. The highest BCUT2D eigenvalue weighted by Crippen LogP contribution is 2.21. The van der Waals surface area contributed by atoms with Crippen LogP contribution in [0.4, 0.5) is 4.79 Å². The van der Waals surface area contributed by atoms with Crippen molar-refractivity contribution in [2.75, 3.05) is 26.1 Å². The van der Waals surface area contributed by atoms with Crippen LogP contribution in [0.1, 0.15) is 109 Å². The first-order valence-corrected chi connectivity index (χ1v) is 18.0. The fraction of sp³-hybridized carbons (Fsp3) is 0.595. The molecule has 1 saturated heterocycles. The van der Waals surface area contributed by atoms with Crippen molar-refractivity contribution in [3.05, 3.63) is 71.3 Å². The molecule has 2 heterocycles. The van der Waals surface area contributed by atoms with Gasteiger partial charge in [-0.1, -0.05) is 127 Å². The molecule has 4 rings (SSSR count). The molecular formula is C37H61BN4O6. The summed E-state index contributed by atoms with van der Waals surface area (Å²) in [5.41, 5.74) is 3.53. The van der Waals surface area contributed by atoms with Gasteiger partial charge in [-0.05, 0) is 48.9 Å². The van der Waals surface area contributed by atoms with Gasteiger partial charge in [-0.2, -0.15) is 0 Å². The monoisotopic (exact) mass is 668 g/mol. The number of carbonyl (C=O) groups excluding carboxylic acids is 2. The van der Waals surface area contributed by atoms with Crippen LogP contribution in [0, 0.1) is 0 Å². The predicted octanol–water partition coefficient (Wildman–Crippen LogP) is 5.79. The maximum Gasteiger partial charge on any atom is 0.472 e. The van der Waals surface area contributed by atoms with Crippen LogP contribution in [-0.4, -0.2) is 82.1 Å². The molecule has 0 saturated carbocycles. The first kappa shape index (κ1) is 42.6. The zero-order chi connectivity index (χ0) is 35.6. The number of amides is 3. The summed E-state index contributed by atoms with van der Waals surface area (Å²) in [7, 11) is -1.58. The van der Waals surface area contributed by atoms with Gasteiger partial charge in [0.05, 0.1) is 13.0 Å². The Kier molecular flexibility index (Phi) is 23.6. The Labute approximate surface area is 289 Å². The number of hydrogen-bond donors (Lipinski definition) is 5. The minimum atomic E-state index is -1.58. The highest BCUT2D eigenvalue weighted by molar-refractivity contribution is 6.41. The van der Waals surface area contributed by atoms with Gasteiger partial charge in [0, 0.05) is 19.6 Å². The lowest BCUT2D eigenvalue weighted by atomic mass is 9.92. The molecule has 3 amide bonds. The van der Waals surface area contributed by atoms with Crippen molar-refractivity contribution < 1.29 is 29.5 Å². The molecule has 2 aliphatic heterocycles. The SMILES string of the molecule is CC.CCCCCCCCC.O=C(NCB(O)O)C1CCCN1C(=O)CNCCCc1ccccc1.O=C(O)N1Cc2ccccc2C1. The number of nitrogens with zero attached hydrogens (tertiary/aromatic N) is 2. The molecule has 2 aromatic carbocycles. The largest absolute Gasteiger partial charge is 0.472 e. The van der Waals surface area contributed by atoms with Crippen LogP contribution in [0.25, 0.3) is 0 Å². The van der Waals surface area contributed by atoms with E-state index in [2.05, 4.69) is 36.6 Å².